The number of hydrogen-bond acceptors (Lipinski definition) is 2. The summed E-state index contributed by atoms with van der Waals surface area (Å²) in [6.07, 6.45) is 2.81. The maximum absolute atomic E-state index is 13.9. The summed E-state index contributed by atoms with van der Waals surface area (Å²) in [6, 6.07) is 9.02. The van der Waals surface area contributed by atoms with Gasteiger partial charge in [0.2, 0.25) is 0 Å². The number of nitrogens with zero attached hydrogens (tertiary/aromatic N) is 1. The van der Waals surface area contributed by atoms with Crippen molar-refractivity contribution in [3.8, 4) is 11.1 Å². The quantitative estimate of drug-likeness (QED) is 0.827. The number of aryl methyl sites for hydroxylation is 1. The van der Waals surface area contributed by atoms with Crippen molar-refractivity contribution in [2.75, 3.05) is 6.54 Å². The van der Waals surface area contributed by atoms with Crippen LogP contribution >= 0.6 is 0 Å². The Kier molecular flexibility index (Phi) is 4.63. The minimum absolute atomic E-state index is 0.190. The fourth-order valence-electron chi connectivity index (χ4n) is 2.03. The van der Waals surface area contributed by atoms with Gasteiger partial charge in [0.1, 0.15) is 5.82 Å². The minimum Gasteiger partial charge on any atom is -0.313 e. The SMILES string of the molecule is CCCNCc1ccc(F)c(-c2ccnc(C)c2)c1. The third-order valence-electron chi connectivity index (χ3n) is 2.99. The number of halogens is 1. The molecule has 0 fully saturated rings. The smallest absolute Gasteiger partial charge is 0.131 e. The second-order valence-electron chi connectivity index (χ2n) is 4.68. The first-order valence-electron chi connectivity index (χ1n) is 6.63. The van der Waals surface area contributed by atoms with Gasteiger partial charge in [-0.05, 0) is 55.3 Å². The third-order valence-corrected chi connectivity index (χ3v) is 2.99. The molecule has 0 atom stereocenters. The Hall–Kier alpha value is -1.74. The Balaban J connectivity index is 2.26. The van der Waals surface area contributed by atoms with Gasteiger partial charge in [-0.2, -0.15) is 0 Å². The van der Waals surface area contributed by atoms with E-state index in [4.69, 9.17) is 0 Å². The van der Waals surface area contributed by atoms with Crippen molar-refractivity contribution in [1.29, 1.82) is 0 Å². The van der Waals surface area contributed by atoms with E-state index in [9.17, 15) is 4.39 Å². The summed E-state index contributed by atoms with van der Waals surface area (Å²) in [5.74, 6) is -0.190. The third kappa shape index (κ3) is 3.61. The molecule has 1 aromatic carbocycles. The molecular formula is C16H19FN2. The highest BCUT2D eigenvalue weighted by molar-refractivity contribution is 5.65. The summed E-state index contributed by atoms with van der Waals surface area (Å²) in [5.41, 5.74) is 3.51. The van der Waals surface area contributed by atoms with Gasteiger partial charge in [0.25, 0.3) is 0 Å². The number of aromatic nitrogens is 1. The molecule has 3 heteroatoms. The molecule has 0 saturated carbocycles. The molecule has 0 spiro atoms. The Morgan fingerprint density at radius 1 is 1.21 bits per heavy atom. The highest BCUT2D eigenvalue weighted by Crippen LogP contribution is 2.24. The average molecular weight is 258 g/mol. The average Bonchev–Trinajstić information content (AvgIpc) is 2.41. The Labute approximate surface area is 113 Å². The molecule has 1 aromatic heterocycles. The summed E-state index contributed by atoms with van der Waals surface area (Å²) in [4.78, 5) is 4.14. The molecular weight excluding hydrogens is 239 g/mol. The first-order chi connectivity index (χ1) is 9.20. The van der Waals surface area contributed by atoms with Crippen LogP contribution < -0.4 is 5.32 Å². The number of pyridine rings is 1. The van der Waals surface area contributed by atoms with Crippen LogP contribution in [0.25, 0.3) is 11.1 Å². The summed E-state index contributed by atoms with van der Waals surface area (Å²) < 4.78 is 13.9. The van der Waals surface area contributed by atoms with Crippen LogP contribution in [0.2, 0.25) is 0 Å². The van der Waals surface area contributed by atoms with Crippen LogP contribution in [-0.2, 0) is 6.54 Å². The highest BCUT2D eigenvalue weighted by Gasteiger charge is 2.06. The largest absolute Gasteiger partial charge is 0.313 e. The topological polar surface area (TPSA) is 24.9 Å². The second kappa shape index (κ2) is 6.43. The molecule has 1 N–H and O–H groups in total. The molecule has 0 bridgehead atoms. The van der Waals surface area contributed by atoms with Crippen molar-refractivity contribution in [3.05, 3.63) is 53.6 Å². The number of nitrogens with one attached hydrogen (secondary N) is 1. The predicted molar refractivity (Wildman–Crippen MR) is 76.4 cm³/mol. The molecule has 0 aliphatic carbocycles. The minimum atomic E-state index is -0.190. The van der Waals surface area contributed by atoms with Gasteiger partial charge in [-0.3, -0.25) is 4.98 Å². The Morgan fingerprint density at radius 3 is 2.79 bits per heavy atom. The lowest BCUT2D eigenvalue weighted by atomic mass is 10.0. The van der Waals surface area contributed by atoms with Gasteiger partial charge in [0.15, 0.2) is 0 Å². The fourth-order valence-corrected chi connectivity index (χ4v) is 2.03. The normalized spacial score (nSPS) is 10.7. The first kappa shape index (κ1) is 13.7. The van der Waals surface area contributed by atoms with Crippen molar-refractivity contribution in [3.63, 3.8) is 0 Å². The van der Waals surface area contributed by atoms with Gasteiger partial charge in [-0.25, -0.2) is 4.39 Å². The summed E-state index contributed by atoms with van der Waals surface area (Å²) in [5, 5.41) is 3.33. The zero-order valence-electron chi connectivity index (χ0n) is 11.4. The monoisotopic (exact) mass is 258 g/mol. The standard InChI is InChI=1S/C16H19FN2/c1-3-7-18-11-13-4-5-16(17)15(10-13)14-6-8-19-12(2)9-14/h4-6,8-10,18H,3,7,11H2,1-2H3. The maximum atomic E-state index is 13.9. The summed E-state index contributed by atoms with van der Waals surface area (Å²) in [7, 11) is 0. The van der Waals surface area contributed by atoms with E-state index in [1.54, 1.807) is 6.20 Å². The van der Waals surface area contributed by atoms with Crippen LogP contribution in [0.5, 0.6) is 0 Å². The maximum Gasteiger partial charge on any atom is 0.131 e. The van der Waals surface area contributed by atoms with Gasteiger partial charge in [0, 0.05) is 24.0 Å². The molecule has 0 radical (unpaired) electrons. The van der Waals surface area contributed by atoms with Crippen LogP contribution in [-0.4, -0.2) is 11.5 Å². The van der Waals surface area contributed by atoms with E-state index < -0.39 is 0 Å². The summed E-state index contributed by atoms with van der Waals surface area (Å²) in [6.45, 7) is 5.78. The van der Waals surface area contributed by atoms with E-state index >= 15 is 0 Å². The Bertz CT molecular complexity index is 552. The van der Waals surface area contributed by atoms with Crippen molar-refractivity contribution < 1.29 is 4.39 Å². The van der Waals surface area contributed by atoms with E-state index in [2.05, 4.69) is 17.2 Å². The molecule has 0 amide bonds. The van der Waals surface area contributed by atoms with Crippen molar-refractivity contribution in [2.45, 2.75) is 26.8 Å². The molecule has 1 heterocycles. The molecule has 100 valence electrons. The molecule has 2 rings (SSSR count). The van der Waals surface area contributed by atoms with Crippen LogP contribution in [0, 0.1) is 12.7 Å². The van der Waals surface area contributed by atoms with Crippen molar-refractivity contribution in [2.24, 2.45) is 0 Å². The van der Waals surface area contributed by atoms with Gasteiger partial charge in [-0.1, -0.05) is 13.0 Å². The van der Waals surface area contributed by atoms with E-state index in [0.29, 0.717) is 5.56 Å². The molecule has 2 aromatic rings. The number of hydrogen-bond donors (Lipinski definition) is 1. The van der Waals surface area contributed by atoms with Crippen LogP contribution in [0.3, 0.4) is 0 Å². The molecule has 19 heavy (non-hydrogen) atoms. The Morgan fingerprint density at radius 2 is 2.05 bits per heavy atom. The highest BCUT2D eigenvalue weighted by atomic mass is 19.1. The summed E-state index contributed by atoms with van der Waals surface area (Å²) >= 11 is 0. The second-order valence-corrected chi connectivity index (χ2v) is 4.68. The van der Waals surface area contributed by atoms with E-state index in [1.807, 2.05) is 31.2 Å². The van der Waals surface area contributed by atoms with Crippen molar-refractivity contribution >= 4 is 0 Å². The molecule has 2 nitrogen and oxygen atoms in total. The van der Waals surface area contributed by atoms with Crippen LogP contribution in [0.1, 0.15) is 24.6 Å². The molecule has 0 unspecified atom stereocenters. The van der Waals surface area contributed by atoms with Crippen LogP contribution in [0.4, 0.5) is 4.39 Å². The van der Waals surface area contributed by atoms with E-state index in [1.165, 1.54) is 6.07 Å². The van der Waals surface area contributed by atoms with Gasteiger partial charge >= 0.3 is 0 Å². The van der Waals surface area contributed by atoms with Gasteiger partial charge in [0.05, 0.1) is 0 Å². The van der Waals surface area contributed by atoms with Gasteiger partial charge < -0.3 is 5.32 Å². The fraction of sp³-hybridized carbons (Fsp3) is 0.312. The molecule has 0 saturated heterocycles. The zero-order chi connectivity index (χ0) is 13.7. The lowest BCUT2D eigenvalue weighted by Gasteiger charge is -2.08. The van der Waals surface area contributed by atoms with Crippen LogP contribution in [0.15, 0.2) is 36.5 Å². The number of rotatable bonds is 5. The number of benzene rings is 1. The lowest BCUT2D eigenvalue weighted by Crippen LogP contribution is -2.13. The lowest BCUT2D eigenvalue weighted by molar-refractivity contribution is 0.628. The van der Waals surface area contributed by atoms with Gasteiger partial charge in [-0.15, -0.1) is 0 Å². The zero-order valence-corrected chi connectivity index (χ0v) is 11.4. The molecule has 0 aliphatic heterocycles. The van der Waals surface area contributed by atoms with E-state index in [0.717, 1.165) is 36.3 Å². The predicted octanol–water partition coefficient (Wildman–Crippen LogP) is 3.70. The van der Waals surface area contributed by atoms with Crippen molar-refractivity contribution in [1.82, 2.24) is 10.3 Å². The molecule has 0 aliphatic rings. The first-order valence-corrected chi connectivity index (χ1v) is 6.63. The van der Waals surface area contributed by atoms with E-state index in [-0.39, 0.29) is 5.82 Å².